The second-order valence-electron chi connectivity index (χ2n) is 9.64. The zero-order chi connectivity index (χ0) is 25.1. The predicted octanol–water partition coefficient (Wildman–Crippen LogP) is 7.66. The van der Waals surface area contributed by atoms with Crippen molar-refractivity contribution in [2.45, 2.75) is 110 Å². The molecule has 5 nitrogen and oxygen atoms in total. The van der Waals surface area contributed by atoms with Gasteiger partial charge in [-0.05, 0) is 37.6 Å². The van der Waals surface area contributed by atoms with Gasteiger partial charge in [0.15, 0.2) is 0 Å². The summed E-state index contributed by atoms with van der Waals surface area (Å²) in [4.78, 5) is 26.6. The van der Waals surface area contributed by atoms with Gasteiger partial charge in [0.25, 0.3) is 5.91 Å². The predicted molar refractivity (Wildman–Crippen MR) is 149 cm³/mol. The number of unbranched alkanes of at least 4 members (excludes halogenated alkanes) is 13. The minimum Gasteiger partial charge on any atom is -0.464 e. The van der Waals surface area contributed by atoms with E-state index in [4.69, 9.17) is 4.74 Å². The van der Waals surface area contributed by atoms with E-state index in [-0.39, 0.29) is 11.9 Å². The number of nitrogens with one attached hydrogen (secondary N) is 1. The highest BCUT2D eigenvalue weighted by Gasteiger charge is 2.36. The van der Waals surface area contributed by atoms with Gasteiger partial charge in [-0.2, -0.15) is 0 Å². The number of esters is 1. The molecule has 1 fully saturated rings. The van der Waals surface area contributed by atoms with E-state index in [2.05, 4.69) is 12.2 Å². The number of amides is 1. The number of carbonyl (C=O) groups is 2. The minimum atomic E-state index is -0.481. The topological polar surface area (TPSA) is 58.6 Å². The van der Waals surface area contributed by atoms with Gasteiger partial charge in [-0.15, -0.1) is 11.8 Å². The van der Waals surface area contributed by atoms with Crippen LogP contribution in [0.25, 0.3) is 0 Å². The van der Waals surface area contributed by atoms with Gasteiger partial charge in [-0.3, -0.25) is 4.79 Å². The fourth-order valence-corrected chi connectivity index (χ4v) is 5.66. The largest absolute Gasteiger partial charge is 0.464 e. The lowest BCUT2D eigenvalue weighted by Gasteiger charge is -2.22. The lowest BCUT2D eigenvalue weighted by Crippen LogP contribution is -2.42. The van der Waals surface area contributed by atoms with Crippen molar-refractivity contribution in [1.82, 2.24) is 4.90 Å². The van der Waals surface area contributed by atoms with Crippen molar-refractivity contribution in [2.75, 3.05) is 30.1 Å². The first kappa shape index (κ1) is 29.5. The van der Waals surface area contributed by atoms with E-state index >= 15 is 0 Å². The fourth-order valence-electron chi connectivity index (χ4n) is 4.53. The summed E-state index contributed by atoms with van der Waals surface area (Å²) in [6.07, 6.45) is 19.2. The SMILES string of the molecule is CCCCCCCCCCCCCCCCNc1ccc(C(=O)N2CSCC2C(=O)OCC)cc1. The summed E-state index contributed by atoms with van der Waals surface area (Å²) < 4.78 is 5.12. The molecule has 1 N–H and O–H groups in total. The van der Waals surface area contributed by atoms with E-state index in [0.29, 0.717) is 23.8 Å². The normalized spacial score (nSPS) is 15.4. The van der Waals surface area contributed by atoms with Crippen molar-refractivity contribution in [3.8, 4) is 0 Å². The molecule has 1 aliphatic heterocycles. The van der Waals surface area contributed by atoms with Crippen LogP contribution in [0.4, 0.5) is 5.69 Å². The average molecular weight is 505 g/mol. The van der Waals surface area contributed by atoms with Crippen LogP contribution >= 0.6 is 11.8 Å². The Hall–Kier alpha value is -1.69. The van der Waals surface area contributed by atoms with Crippen molar-refractivity contribution in [3.05, 3.63) is 29.8 Å². The van der Waals surface area contributed by atoms with E-state index < -0.39 is 6.04 Å². The molecule has 1 atom stereocenters. The molecule has 0 radical (unpaired) electrons. The first-order chi connectivity index (χ1) is 17.2. The van der Waals surface area contributed by atoms with Gasteiger partial charge < -0.3 is 15.0 Å². The Morgan fingerprint density at radius 1 is 0.857 bits per heavy atom. The third-order valence-electron chi connectivity index (χ3n) is 6.69. The monoisotopic (exact) mass is 504 g/mol. The van der Waals surface area contributed by atoms with Gasteiger partial charge in [-0.1, -0.05) is 90.4 Å². The zero-order valence-electron chi connectivity index (χ0n) is 22.2. The molecule has 2 rings (SSSR count). The number of rotatable bonds is 19. The lowest BCUT2D eigenvalue weighted by atomic mass is 10.0. The third-order valence-corrected chi connectivity index (χ3v) is 7.71. The minimum absolute atomic E-state index is 0.105. The highest BCUT2D eigenvalue weighted by atomic mass is 32.2. The molecule has 0 aliphatic carbocycles. The van der Waals surface area contributed by atoms with Crippen LogP contribution < -0.4 is 5.32 Å². The second-order valence-corrected chi connectivity index (χ2v) is 10.6. The van der Waals surface area contributed by atoms with Crippen LogP contribution in [0.1, 0.15) is 114 Å². The third kappa shape index (κ3) is 11.7. The van der Waals surface area contributed by atoms with Crippen LogP contribution in [-0.4, -0.2) is 47.6 Å². The van der Waals surface area contributed by atoms with E-state index in [9.17, 15) is 9.59 Å². The summed E-state index contributed by atoms with van der Waals surface area (Å²) in [5, 5.41) is 3.46. The van der Waals surface area contributed by atoms with Crippen molar-refractivity contribution in [2.24, 2.45) is 0 Å². The van der Waals surface area contributed by atoms with Gasteiger partial charge in [-0.25, -0.2) is 4.79 Å². The summed E-state index contributed by atoms with van der Waals surface area (Å²) in [6, 6.07) is 7.13. The molecule has 198 valence electrons. The number of thioether (sulfide) groups is 1. The molecular weight excluding hydrogens is 456 g/mol. The average Bonchev–Trinajstić information content (AvgIpc) is 3.37. The van der Waals surface area contributed by atoms with E-state index in [0.717, 1.165) is 12.2 Å². The summed E-state index contributed by atoms with van der Waals surface area (Å²) in [5.41, 5.74) is 1.65. The summed E-state index contributed by atoms with van der Waals surface area (Å²) >= 11 is 1.59. The highest BCUT2D eigenvalue weighted by Crippen LogP contribution is 2.24. The lowest BCUT2D eigenvalue weighted by molar-refractivity contribution is -0.147. The maximum Gasteiger partial charge on any atom is 0.329 e. The van der Waals surface area contributed by atoms with Gasteiger partial charge in [0.05, 0.1) is 12.5 Å². The Labute approximate surface area is 218 Å². The van der Waals surface area contributed by atoms with E-state index in [1.165, 1.54) is 89.9 Å². The number of hydrogen-bond donors (Lipinski definition) is 1. The molecule has 1 saturated heterocycles. The number of nitrogens with zero attached hydrogens (tertiary/aromatic N) is 1. The highest BCUT2D eigenvalue weighted by molar-refractivity contribution is 7.99. The Kier molecular flexibility index (Phi) is 15.7. The fraction of sp³-hybridized carbons (Fsp3) is 0.724. The molecule has 0 bridgehead atoms. The Morgan fingerprint density at radius 2 is 1.40 bits per heavy atom. The standard InChI is InChI=1S/C29H48N2O3S/c1-3-5-6-7-8-9-10-11-12-13-14-15-16-17-22-30-26-20-18-25(19-21-26)28(32)31-24-35-23-27(31)29(33)34-4-2/h18-21,27,30H,3-17,22-24H2,1-2H3. The zero-order valence-corrected chi connectivity index (χ0v) is 23.0. The first-order valence-corrected chi connectivity index (χ1v) is 15.2. The summed E-state index contributed by atoms with van der Waals surface area (Å²) in [7, 11) is 0. The van der Waals surface area contributed by atoms with Gasteiger partial charge in [0.1, 0.15) is 6.04 Å². The Balaban J connectivity index is 1.51. The van der Waals surface area contributed by atoms with Crippen LogP contribution in [0.2, 0.25) is 0 Å². The molecule has 0 saturated carbocycles. The molecular formula is C29H48N2O3S. The van der Waals surface area contributed by atoms with Gasteiger partial charge >= 0.3 is 5.97 Å². The summed E-state index contributed by atoms with van der Waals surface area (Å²) in [5.74, 6) is 0.717. The van der Waals surface area contributed by atoms with Crippen LogP contribution in [0, 0.1) is 0 Å². The number of anilines is 1. The summed E-state index contributed by atoms with van der Waals surface area (Å²) in [6.45, 7) is 5.36. The molecule has 0 spiro atoms. The number of carbonyl (C=O) groups excluding carboxylic acids is 2. The smallest absolute Gasteiger partial charge is 0.329 e. The van der Waals surface area contributed by atoms with Crippen LogP contribution in [0.3, 0.4) is 0 Å². The maximum atomic E-state index is 12.9. The van der Waals surface area contributed by atoms with Crippen LogP contribution in [-0.2, 0) is 9.53 Å². The van der Waals surface area contributed by atoms with E-state index in [1.807, 2.05) is 24.3 Å². The Morgan fingerprint density at radius 3 is 1.94 bits per heavy atom. The quantitative estimate of drug-likeness (QED) is 0.155. The van der Waals surface area contributed by atoms with Gasteiger partial charge in [0.2, 0.25) is 0 Å². The Bertz CT molecular complexity index is 710. The molecule has 6 heteroatoms. The first-order valence-electron chi connectivity index (χ1n) is 14.1. The number of hydrogen-bond acceptors (Lipinski definition) is 5. The van der Waals surface area contributed by atoms with Crippen LogP contribution in [0.15, 0.2) is 24.3 Å². The van der Waals surface area contributed by atoms with E-state index in [1.54, 1.807) is 23.6 Å². The molecule has 1 unspecified atom stereocenters. The van der Waals surface area contributed by atoms with Crippen molar-refractivity contribution >= 4 is 29.3 Å². The molecule has 1 aliphatic rings. The van der Waals surface area contributed by atoms with Crippen molar-refractivity contribution in [3.63, 3.8) is 0 Å². The maximum absolute atomic E-state index is 12.9. The van der Waals surface area contributed by atoms with Crippen LogP contribution in [0.5, 0.6) is 0 Å². The number of ether oxygens (including phenoxy) is 1. The molecule has 0 aromatic heterocycles. The molecule has 1 aromatic rings. The van der Waals surface area contributed by atoms with Crippen molar-refractivity contribution < 1.29 is 14.3 Å². The molecule has 1 heterocycles. The molecule has 1 aromatic carbocycles. The van der Waals surface area contributed by atoms with Gasteiger partial charge in [0, 0.05) is 23.5 Å². The second kappa shape index (κ2) is 18.6. The number of benzene rings is 1. The van der Waals surface area contributed by atoms with Crippen molar-refractivity contribution in [1.29, 1.82) is 0 Å². The molecule has 35 heavy (non-hydrogen) atoms. The molecule has 1 amide bonds.